The summed E-state index contributed by atoms with van der Waals surface area (Å²) in [4.78, 5) is 15.9. The van der Waals surface area contributed by atoms with Gasteiger partial charge in [-0.2, -0.15) is 10.1 Å². The zero-order valence-corrected chi connectivity index (χ0v) is 12.8. The fourth-order valence-electron chi connectivity index (χ4n) is 2.25. The van der Waals surface area contributed by atoms with Crippen molar-refractivity contribution in [2.24, 2.45) is 0 Å². The Morgan fingerprint density at radius 2 is 1.90 bits per heavy atom. The molecular formula is C14H12Cl2N4O. The Labute approximate surface area is 130 Å². The van der Waals surface area contributed by atoms with Crippen LogP contribution in [-0.4, -0.2) is 19.3 Å². The van der Waals surface area contributed by atoms with E-state index >= 15 is 0 Å². The van der Waals surface area contributed by atoms with E-state index in [1.165, 1.54) is 0 Å². The van der Waals surface area contributed by atoms with Crippen LogP contribution in [0.1, 0.15) is 12.5 Å². The molecule has 0 radical (unpaired) electrons. The van der Waals surface area contributed by atoms with E-state index < -0.39 is 0 Å². The summed E-state index contributed by atoms with van der Waals surface area (Å²) in [6.07, 6.45) is 1.64. The lowest BCUT2D eigenvalue weighted by atomic mass is 10.2. The van der Waals surface area contributed by atoms with Crippen LogP contribution in [-0.2, 0) is 13.1 Å². The normalized spacial score (nSPS) is 11.2. The molecule has 0 N–H and O–H groups in total. The zero-order chi connectivity index (χ0) is 15.0. The Morgan fingerprint density at radius 1 is 1.19 bits per heavy atom. The van der Waals surface area contributed by atoms with Crippen molar-refractivity contribution >= 4 is 34.2 Å². The summed E-state index contributed by atoms with van der Waals surface area (Å²) < 4.78 is 3.39. The van der Waals surface area contributed by atoms with Gasteiger partial charge in [0.25, 0.3) is 5.56 Å². The van der Waals surface area contributed by atoms with E-state index in [4.69, 9.17) is 23.2 Å². The third kappa shape index (κ3) is 2.54. The summed E-state index contributed by atoms with van der Waals surface area (Å²) in [5.41, 5.74) is 1.80. The number of aryl methyl sites for hydroxylation is 1. The average Bonchev–Trinajstić information content (AvgIpc) is 2.89. The maximum atomic E-state index is 12.0. The van der Waals surface area contributed by atoms with Crippen molar-refractivity contribution < 1.29 is 0 Å². The molecule has 0 fully saturated rings. The molecular weight excluding hydrogens is 311 g/mol. The maximum Gasteiger partial charge on any atom is 0.300 e. The summed E-state index contributed by atoms with van der Waals surface area (Å²) in [6, 6.07) is 7.44. The van der Waals surface area contributed by atoms with Gasteiger partial charge in [-0.3, -0.25) is 9.48 Å². The largest absolute Gasteiger partial charge is 0.309 e. The molecule has 3 rings (SSSR count). The van der Waals surface area contributed by atoms with Crippen LogP contribution < -0.4 is 5.56 Å². The SMILES string of the molecule is CCn1ncc2c1c(=O)nc(Cl)n2Cc1ccc(Cl)cc1. The number of halogens is 2. The Kier molecular flexibility index (Phi) is 3.69. The summed E-state index contributed by atoms with van der Waals surface area (Å²) in [7, 11) is 0. The van der Waals surface area contributed by atoms with E-state index in [0.29, 0.717) is 29.1 Å². The van der Waals surface area contributed by atoms with Crippen molar-refractivity contribution in [3.05, 3.63) is 56.7 Å². The smallest absolute Gasteiger partial charge is 0.300 e. The molecule has 21 heavy (non-hydrogen) atoms. The third-order valence-electron chi connectivity index (χ3n) is 3.28. The Hall–Kier alpha value is -1.85. The average molecular weight is 323 g/mol. The van der Waals surface area contributed by atoms with Crippen molar-refractivity contribution in [2.45, 2.75) is 20.0 Å². The van der Waals surface area contributed by atoms with E-state index in [1.54, 1.807) is 15.4 Å². The zero-order valence-electron chi connectivity index (χ0n) is 11.3. The number of fused-ring (bicyclic) bond motifs is 1. The molecule has 0 aliphatic heterocycles. The second kappa shape index (κ2) is 5.50. The fraction of sp³-hybridized carbons (Fsp3) is 0.214. The second-order valence-corrected chi connectivity index (χ2v) is 5.37. The highest BCUT2D eigenvalue weighted by molar-refractivity contribution is 6.30. The van der Waals surface area contributed by atoms with Gasteiger partial charge in [0, 0.05) is 11.6 Å². The van der Waals surface area contributed by atoms with Gasteiger partial charge in [-0.15, -0.1) is 0 Å². The molecule has 3 aromatic rings. The van der Waals surface area contributed by atoms with E-state index in [1.807, 2.05) is 31.2 Å². The van der Waals surface area contributed by atoms with Crippen LogP contribution in [0.4, 0.5) is 0 Å². The molecule has 2 aromatic heterocycles. The van der Waals surface area contributed by atoms with Crippen LogP contribution >= 0.6 is 23.2 Å². The predicted molar refractivity (Wildman–Crippen MR) is 83.0 cm³/mol. The molecule has 0 atom stereocenters. The van der Waals surface area contributed by atoms with E-state index in [9.17, 15) is 4.79 Å². The molecule has 0 aliphatic carbocycles. The van der Waals surface area contributed by atoms with Gasteiger partial charge in [0.05, 0.1) is 18.3 Å². The van der Waals surface area contributed by atoms with Crippen molar-refractivity contribution in [3.8, 4) is 0 Å². The maximum absolute atomic E-state index is 12.0. The highest BCUT2D eigenvalue weighted by Crippen LogP contribution is 2.18. The number of aromatic nitrogens is 4. The monoisotopic (exact) mass is 322 g/mol. The minimum atomic E-state index is -0.360. The van der Waals surface area contributed by atoms with Crippen LogP contribution in [0, 0.1) is 0 Å². The number of hydrogen-bond donors (Lipinski definition) is 0. The van der Waals surface area contributed by atoms with Gasteiger partial charge < -0.3 is 4.57 Å². The van der Waals surface area contributed by atoms with Gasteiger partial charge in [-0.1, -0.05) is 23.7 Å². The van der Waals surface area contributed by atoms with Crippen LogP contribution in [0.5, 0.6) is 0 Å². The van der Waals surface area contributed by atoms with Gasteiger partial charge in [-0.25, -0.2) is 0 Å². The van der Waals surface area contributed by atoms with E-state index in [-0.39, 0.29) is 10.8 Å². The minimum absolute atomic E-state index is 0.151. The molecule has 2 heterocycles. The molecule has 0 amide bonds. The molecule has 7 heteroatoms. The quantitative estimate of drug-likeness (QED) is 0.696. The summed E-state index contributed by atoms with van der Waals surface area (Å²) in [5.74, 6) is 0. The first kappa shape index (κ1) is 14.1. The van der Waals surface area contributed by atoms with Crippen LogP contribution in [0.2, 0.25) is 10.3 Å². The lowest BCUT2D eigenvalue weighted by molar-refractivity contribution is 0.679. The van der Waals surface area contributed by atoms with Gasteiger partial charge in [0.1, 0.15) is 0 Å². The van der Waals surface area contributed by atoms with Crippen molar-refractivity contribution in [3.63, 3.8) is 0 Å². The molecule has 0 bridgehead atoms. The first-order valence-corrected chi connectivity index (χ1v) is 7.22. The van der Waals surface area contributed by atoms with E-state index in [0.717, 1.165) is 5.56 Å². The molecule has 108 valence electrons. The Bertz CT molecular complexity index is 852. The molecule has 0 unspecified atom stereocenters. The van der Waals surface area contributed by atoms with Crippen molar-refractivity contribution in [1.82, 2.24) is 19.3 Å². The molecule has 0 saturated heterocycles. The standard InChI is InChI=1S/C14H12Cl2N4O/c1-2-20-12-11(7-17-20)19(14(16)18-13(12)21)8-9-3-5-10(15)6-4-9/h3-7H,2,8H2,1H3. The second-order valence-electron chi connectivity index (χ2n) is 4.59. The number of nitrogens with zero attached hydrogens (tertiary/aromatic N) is 4. The molecule has 0 saturated carbocycles. The lowest BCUT2D eigenvalue weighted by Crippen LogP contribution is -2.17. The minimum Gasteiger partial charge on any atom is -0.309 e. The van der Waals surface area contributed by atoms with Crippen LogP contribution in [0.15, 0.2) is 35.3 Å². The molecule has 1 aromatic carbocycles. The summed E-state index contributed by atoms with van der Waals surface area (Å²) in [6.45, 7) is 3.02. The first-order valence-electron chi connectivity index (χ1n) is 6.46. The van der Waals surface area contributed by atoms with Gasteiger partial charge in [0.2, 0.25) is 5.28 Å². The first-order chi connectivity index (χ1) is 10.1. The van der Waals surface area contributed by atoms with E-state index in [2.05, 4.69) is 10.1 Å². The molecule has 0 aliphatic rings. The number of hydrogen-bond acceptors (Lipinski definition) is 3. The number of benzene rings is 1. The predicted octanol–water partition coefficient (Wildman–Crippen LogP) is 2.97. The Balaban J connectivity index is 2.15. The van der Waals surface area contributed by atoms with Crippen molar-refractivity contribution in [2.75, 3.05) is 0 Å². The topological polar surface area (TPSA) is 52.7 Å². The van der Waals surface area contributed by atoms with Crippen LogP contribution in [0.3, 0.4) is 0 Å². The molecule has 5 nitrogen and oxygen atoms in total. The van der Waals surface area contributed by atoms with Crippen molar-refractivity contribution in [1.29, 1.82) is 0 Å². The van der Waals surface area contributed by atoms with Crippen LogP contribution in [0.25, 0.3) is 11.0 Å². The third-order valence-corrected chi connectivity index (χ3v) is 3.82. The Morgan fingerprint density at radius 3 is 2.57 bits per heavy atom. The lowest BCUT2D eigenvalue weighted by Gasteiger charge is -2.10. The highest BCUT2D eigenvalue weighted by Gasteiger charge is 2.14. The van der Waals surface area contributed by atoms with Gasteiger partial charge in [-0.05, 0) is 36.2 Å². The summed E-state index contributed by atoms with van der Waals surface area (Å²) in [5, 5.41) is 5.03. The highest BCUT2D eigenvalue weighted by atomic mass is 35.5. The number of rotatable bonds is 3. The molecule has 0 spiro atoms. The van der Waals surface area contributed by atoms with Gasteiger partial charge in [0.15, 0.2) is 5.52 Å². The van der Waals surface area contributed by atoms with Gasteiger partial charge >= 0.3 is 0 Å². The fourth-order valence-corrected chi connectivity index (χ4v) is 2.61. The summed E-state index contributed by atoms with van der Waals surface area (Å²) >= 11 is 12.0.